The number of carbonyl (C=O) groups excluding carboxylic acids is 2. The smallest absolute Gasteiger partial charge is 0.417 e. The molecule has 2 heterocycles. The number of carbonyl (C=O) groups is 2. The Morgan fingerprint density at radius 3 is 2.38 bits per heavy atom. The molecule has 1 aliphatic rings. The number of nitrogens with one attached hydrogen (secondary N) is 1. The van der Waals surface area contributed by atoms with Crippen LogP contribution in [0.5, 0.6) is 11.6 Å². The summed E-state index contributed by atoms with van der Waals surface area (Å²) < 4.78 is 48.5. The Morgan fingerprint density at radius 2 is 1.85 bits per heavy atom. The molecule has 0 radical (unpaired) electrons. The molecule has 182 valence electrons. The van der Waals surface area contributed by atoms with Crippen LogP contribution in [0, 0.1) is 0 Å². The molecule has 0 spiro atoms. The van der Waals surface area contributed by atoms with Crippen molar-refractivity contribution in [2.75, 3.05) is 32.1 Å². The van der Waals surface area contributed by atoms with Gasteiger partial charge in [0.1, 0.15) is 10.7 Å². The van der Waals surface area contributed by atoms with Crippen LogP contribution in [0.3, 0.4) is 0 Å². The van der Waals surface area contributed by atoms with E-state index in [1.807, 2.05) is 0 Å². The quantitative estimate of drug-likeness (QED) is 0.498. The molecular weight excluding hydrogens is 526 g/mol. The van der Waals surface area contributed by atoms with E-state index >= 15 is 0 Å². The highest BCUT2D eigenvalue weighted by molar-refractivity contribution is 6.38. The summed E-state index contributed by atoms with van der Waals surface area (Å²) in [5.74, 6) is -1.80. The van der Waals surface area contributed by atoms with Crippen LogP contribution in [0.1, 0.15) is 5.56 Å². The van der Waals surface area contributed by atoms with Gasteiger partial charge in [0.2, 0.25) is 5.88 Å². The first-order valence-corrected chi connectivity index (χ1v) is 10.5. The zero-order valence-electron chi connectivity index (χ0n) is 17.2. The maximum absolute atomic E-state index is 12.8. The first kappa shape index (κ1) is 25.9. The summed E-state index contributed by atoms with van der Waals surface area (Å²) in [6.45, 7) is -0.382. The van der Waals surface area contributed by atoms with E-state index < -0.39 is 28.6 Å². The van der Waals surface area contributed by atoms with Gasteiger partial charge in [-0.05, 0) is 18.2 Å². The van der Waals surface area contributed by atoms with Gasteiger partial charge < -0.3 is 24.8 Å². The van der Waals surface area contributed by atoms with Crippen molar-refractivity contribution in [2.24, 2.45) is 0 Å². The number of alkyl halides is 3. The SMILES string of the molecule is COC(=O)C1=C(Nc2cc(Cl)c(Oc3ncc(C(F)(F)F)cc3Cl)c(Cl)c2)C(=O)N(CCO)C1. The molecule has 0 saturated heterocycles. The van der Waals surface area contributed by atoms with E-state index in [4.69, 9.17) is 49.4 Å². The van der Waals surface area contributed by atoms with Crippen LogP contribution in [0.2, 0.25) is 15.1 Å². The number of aliphatic hydroxyl groups excluding tert-OH is 1. The van der Waals surface area contributed by atoms with E-state index in [1.54, 1.807) is 0 Å². The Kier molecular flexibility index (Phi) is 7.81. The van der Waals surface area contributed by atoms with E-state index in [9.17, 15) is 22.8 Å². The fourth-order valence-corrected chi connectivity index (χ4v) is 3.74. The molecule has 0 saturated carbocycles. The lowest BCUT2D eigenvalue weighted by Crippen LogP contribution is -2.31. The standard InChI is InChI=1S/C20H15Cl3F3N3O5/c1-33-19(32)11-8-29(2-3-30)18(31)15(11)28-10-5-12(21)16(13(22)6-10)34-17-14(23)4-9(7-27-17)20(24,25)26/h4-7,28,30H,2-3,8H2,1H3. The molecule has 1 amide bonds. The van der Waals surface area contributed by atoms with Crippen molar-refractivity contribution in [2.45, 2.75) is 6.18 Å². The Hall–Kier alpha value is -2.73. The number of esters is 1. The first-order chi connectivity index (χ1) is 16.0. The normalized spacial score (nSPS) is 14.0. The third-order valence-corrected chi connectivity index (χ3v) is 5.39. The third kappa shape index (κ3) is 5.49. The summed E-state index contributed by atoms with van der Waals surface area (Å²) in [7, 11) is 1.16. The second-order valence-electron chi connectivity index (χ2n) is 6.80. The number of hydrogen-bond donors (Lipinski definition) is 2. The highest BCUT2D eigenvalue weighted by atomic mass is 35.5. The van der Waals surface area contributed by atoms with E-state index in [0.29, 0.717) is 12.3 Å². The van der Waals surface area contributed by atoms with Crippen molar-refractivity contribution < 1.29 is 37.3 Å². The number of β-amino-alcohol motifs (C(OH)–C–C–N with tert-alkyl or cyclic N) is 1. The largest absolute Gasteiger partial charge is 0.466 e. The molecule has 0 fully saturated rings. The summed E-state index contributed by atoms with van der Waals surface area (Å²) in [6, 6.07) is 3.27. The van der Waals surface area contributed by atoms with Gasteiger partial charge in [0.25, 0.3) is 5.91 Å². The number of methoxy groups -OCH3 is 1. The average molecular weight is 541 g/mol. The van der Waals surface area contributed by atoms with E-state index in [0.717, 1.165) is 7.11 Å². The molecule has 3 rings (SSSR count). The molecule has 0 atom stereocenters. The minimum Gasteiger partial charge on any atom is -0.466 e. The molecular formula is C20H15Cl3F3N3O5. The minimum absolute atomic E-state index is 0.000312. The molecule has 8 nitrogen and oxygen atoms in total. The van der Waals surface area contributed by atoms with Crippen molar-refractivity contribution >= 4 is 52.4 Å². The van der Waals surface area contributed by atoms with Gasteiger partial charge in [-0.25, -0.2) is 9.78 Å². The van der Waals surface area contributed by atoms with Gasteiger partial charge in [-0.2, -0.15) is 13.2 Å². The molecule has 34 heavy (non-hydrogen) atoms. The minimum atomic E-state index is -4.64. The van der Waals surface area contributed by atoms with Crippen molar-refractivity contribution in [3.05, 3.63) is 56.3 Å². The zero-order chi connectivity index (χ0) is 25.2. The van der Waals surface area contributed by atoms with E-state index in [1.165, 1.54) is 17.0 Å². The van der Waals surface area contributed by atoms with E-state index in [-0.39, 0.29) is 58.3 Å². The number of aliphatic hydroxyl groups is 1. The van der Waals surface area contributed by atoms with E-state index in [2.05, 4.69) is 10.3 Å². The molecule has 0 aliphatic carbocycles. The predicted octanol–water partition coefficient (Wildman–Crippen LogP) is 4.53. The lowest BCUT2D eigenvalue weighted by molar-refractivity contribution is -0.138. The summed E-state index contributed by atoms with van der Waals surface area (Å²) in [4.78, 5) is 29.5. The maximum Gasteiger partial charge on any atom is 0.417 e. The predicted molar refractivity (Wildman–Crippen MR) is 117 cm³/mol. The molecule has 2 N–H and O–H groups in total. The second-order valence-corrected chi connectivity index (χ2v) is 8.02. The summed E-state index contributed by atoms with van der Waals surface area (Å²) in [5.41, 5.74) is -0.917. The molecule has 2 aromatic rings. The zero-order valence-corrected chi connectivity index (χ0v) is 19.4. The van der Waals surface area contributed by atoms with Gasteiger partial charge in [0, 0.05) is 18.4 Å². The highest BCUT2D eigenvalue weighted by Gasteiger charge is 2.35. The Morgan fingerprint density at radius 1 is 1.21 bits per heavy atom. The van der Waals surface area contributed by atoms with Crippen LogP contribution in [0.4, 0.5) is 18.9 Å². The number of anilines is 1. The molecule has 0 bridgehead atoms. The molecule has 1 aliphatic heterocycles. The van der Waals surface area contributed by atoms with Gasteiger partial charge in [-0.3, -0.25) is 4.79 Å². The van der Waals surface area contributed by atoms with Crippen molar-refractivity contribution in [3.8, 4) is 11.6 Å². The molecule has 1 aromatic carbocycles. The van der Waals surface area contributed by atoms with Crippen LogP contribution in [0.25, 0.3) is 0 Å². The van der Waals surface area contributed by atoms with Crippen LogP contribution < -0.4 is 10.1 Å². The van der Waals surface area contributed by atoms with Crippen LogP contribution in [-0.2, 0) is 20.5 Å². The number of amides is 1. The van der Waals surface area contributed by atoms with Crippen LogP contribution in [-0.4, -0.2) is 53.7 Å². The Balaban J connectivity index is 1.88. The fraction of sp³-hybridized carbons (Fsp3) is 0.250. The number of halogens is 6. The molecule has 1 aromatic heterocycles. The summed E-state index contributed by atoms with van der Waals surface area (Å²) in [6.07, 6.45) is -4.09. The molecule has 14 heteroatoms. The third-order valence-electron chi connectivity index (χ3n) is 4.55. The average Bonchev–Trinajstić information content (AvgIpc) is 3.06. The summed E-state index contributed by atoms with van der Waals surface area (Å²) >= 11 is 18.3. The van der Waals surface area contributed by atoms with Crippen LogP contribution in [0.15, 0.2) is 35.7 Å². The summed E-state index contributed by atoms with van der Waals surface area (Å²) in [5, 5.41) is 11.3. The Bertz CT molecular complexity index is 1150. The number of ether oxygens (including phenoxy) is 2. The fourth-order valence-electron chi connectivity index (χ4n) is 2.98. The van der Waals surface area contributed by atoms with Crippen molar-refractivity contribution in [1.29, 1.82) is 0 Å². The van der Waals surface area contributed by atoms with Crippen LogP contribution >= 0.6 is 34.8 Å². The first-order valence-electron chi connectivity index (χ1n) is 9.34. The Labute approximate surface area is 205 Å². The van der Waals surface area contributed by atoms with Gasteiger partial charge in [-0.15, -0.1) is 0 Å². The van der Waals surface area contributed by atoms with Crippen molar-refractivity contribution in [3.63, 3.8) is 0 Å². The number of rotatable bonds is 7. The highest BCUT2D eigenvalue weighted by Crippen LogP contribution is 2.41. The monoisotopic (exact) mass is 539 g/mol. The second kappa shape index (κ2) is 10.3. The lowest BCUT2D eigenvalue weighted by Gasteiger charge is -2.16. The topological polar surface area (TPSA) is 101 Å². The van der Waals surface area contributed by atoms with Gasteiger partial charge in [-0.1, -0.05) is 34.8 Å². The lowest BCUT2D eigenvalue weighted by atomic mass is 10.2. The number of hydrogen-bond acceptors (Lipinski definition) is 7. The molecule has 0 unspecified atom stereocenters. The number of nitrogens with zero attached hydrogens (tertiary/aromatic N) is 2. The number of pyridine rings is 1. The van der Waals surface area contributed by atoms with Crippen molar-refractivity contribution in [1.82, 2.24) is 9.88 Å². The van der Waals surface area contributed by atoms with Gasteiger partial charge >= 0.3 is 12.1 Å². The number of aromatic nitrogens is 1. The van der Waals surface area contributed by atoms with Gasteiger partial charge in [0.15, 0.2) is 5.75 Å². The maximum atomic E-state index is 12.8. The number of benzene rings is 1. The van der Waals surface area contributed by atoms with Gasteiger partial charge in [0.05, 0.1) is 41.4 Å².